The molecule has 0 fully saturated rings. The molecule has 0 aliphatic rings. The van der Waals surface area contributed by atoms with Gasteiger partial charge in [-0.2, -0.15) is 0 Å². The van der Waals surface area contributed by atoms with Crippen LogP contribution in [0.5, 0.6) is 0 Å². The van der Waals surface area contributed by atoms with Crippen molar-refractivity contribution in [2.45, 2.75) is 141 Å². The lowest BCUT2D eigenvalue weighted by Gasteiger charge is -2.32. The van der Waals surface area contributed by atoms with Crippen LogP contribution in [0.15, 0.2) is 29.2 Å². The molecule has 0 N–H and O–H groups in total. The second-order valence-corrected chi connectivity index (χ2v) is 10.4. The van der Waals surface area contributed by atoms with Crippen LogP contribution in [0.2, 0.25) is 0 Å². The Morgan fingerprint density at radius 2 is 1.10 bits per heavy atom. The molecule has 0 aliphatic carbocycles. The lowest BCUT2D eigenvalue weighted by atomic mass is 9.74. The fourth-order valence-corrected chi connectivity index (χ4v) is 5.65. The second kappa shape index (κ2) is 17.3. The third-order valence-corrected chi connectivity index (χ3v) is 7.62. The highest BCUT2D eigenvalue weighted by Crippen LogP contribution is 2.40. The zero-order chi connectivity index (χ0) is 21.2. The normalized spacial score (nSPS) is 13.5. The minimum atomic E-state index is 0.353. The molecule has 0 spiro atoms. The molecule has 0 radical (unpaired) electrons. The number of hydrogen-bond donors (Lipinski definition) is 0. The van der Waals surface area contributed by atoms with Crippen LogP contribution in [0.1, 0.15) is 136 Å². The van der Waals surface area contributed by atoms with Crippen molar-refractivity contribution in [1.29, 1.82) is 0 Å². The van der Waals surface area contributed by atoms with E-state index in [1.165, 1.54) is 108 Å². The molecule has 29 heavy (non-hydrogen) atoms. The van der Waals surface area contributed by atoms with E-state index < -0.39 is 0 Å². The average Bonchev–Trinajstić information content (AvgIpc) is 2.74. The lowest BCUT2D eigenvalue weighted by Crippen LogP contribution is -2.23. The SMILES string of the molecule is CCCCCCCSc1ccccc1C(C)(CCCCCC)CCCCCCC. The summed E-state index contributed by atoms with van der Waals surface area (Å²) < 4.78 is 0. The standard InChI is InChI=1S/C28H50S/c1-5-8-11-14-19-24-28(4,23-18-13-10-7-3)26-21-16-17-22-27(26)29-25-20-15-12-9-6-2/h16-17,21-22H,5-15,18-20,23-25H2,1-4H3. The van der Waals surface area contributed by atoms with E-state index in [4.69, 9.17) is 0 Å². The van der Waals surface area contributed by atoms with E-state index in [-0.39, 0.29) is 0 Å². The molecule has 0 aliphatic heterocycles. The summed E-state index contributed by atoms with van der Waals surface area (Å²) in [7, 11) is 0. The molecule has 0 saturated carbocycles. The Hall–Kier alpha value is -0.430. The van der Waals surface area contributed by atoms with Gasteiger partial charge < -0.3 is 0 Å². The molecule has 0 saturated heterocycles. The molecular formula is C28H50S. The van der Waals surface area contributed by atoms with Crippen LogP contribution < -0.4 is 0 Å². The minimum Gasteiger partial charge on any atom is -0.126 e. The zero-order valence-corrected chi connectivity index (χ0v) is 21.1. The third-order valence-electron chi connectivity index (χ3n) is 6.46. The topological polar surface area (TPSA) is 0 Å². The average molecular weight is 419 g/mol. The minimum absolute atomic E-state index is 0.353. The van der Waals surface area contributed by atoms with Crippen LogP contribution >= 0.6 is 11.8 Å². The first-order valence-electron chi connectivity index (χ1n) is 12.9. The first-order chi connectivity index (χ1) is 14.2. The maximum atomic E-state index is 2.57. The molecule has 0 heterocycles. The van der Waals surface area contributed by atoms with Gasteiger partial charge in [0.1, 0.15) is 0 Å². The molecule has 0 nitrogen and oxygen atoms in total. The Bertz CT molecular complexity index is 495. The van der Waals surface area contributed by atoms with Crippen LogP contribution in [0.3, 0.4) is 0 Å². The van der Waals surface area contributed by atoms with E-state index in [0.717, 1.165) is 0 Å². The van der Waals surface area contributed by atoms with E-state index in [0.29, 0.717) is 5.41 Å². The van der Waals surface area contributed by atoms with Crippen LogP contribution in [0.25, 0.3) is 0 Å². The van der Waals surface area contributed by atoms with Crippen molar-refractivity contribution < 1.29 is 0 Å². The van der Waals surface area contributed by atoms with Gasteiger partial charge in [-0.05, 0) is 42.1 Å². The Labute approximate surface area is 188 Å². The van der Waals surface area contributed by atoms with E-state index in [1.807, 2.05) is 0 Å². The predicted octanol–water partition coefficient (Wildman–Crippen LogP) is 10.3. The molecule has 168 valence electrons. The van der Waals surface area contributed by atoms with Gasteiger partial charge in [0.25, 0.3) is 0 Å². The van der Waals surface area contributed by atoms with Crippen molar-refractivity contribution >= 4 is 11.8 Å². The second-order valence-electron chi connectivity index (χ2n) is 9.29. The Morgan fingerprint density at radius 1 is 0.621 bits per heavy atom. The highest BCUT2D eigenvalue weighted by Gasteiger charge is 2.28. The van der Waals surface area contributed by atoms with Crippen molar-refractivity contribution in [2.24, 2.45) is 0 Å². The van der Waals surface area contributed by atoms with Gasteiger partial charge in [0.15, 0.2) is 0 Å². The van der Waals surface area contributed by atoms with Crippen LogP contribution in [-0.4, -0.2) is 5.75 Å². The quantitative estimate of drug-likeness (QED) is 0.159. The maximum absolute atomic E-state index is 2.57. The highest BCUT2D eigenvalue weighted by atomic mass is 32.2. The fourth-order valence-electron chi connectivity index (χ4n) is 4.43. The molecule has 1 rings (SSSR count). The summed E-state index contributed by atoms with van der Waals surface area (Å²) in [5.41, 5.74) is 2.00. The van der Waals surface area contributed by atoms with Gasteiger partial charge in [0.05, 0.1) is 0 Å². The Morgan fingerprint density at radius 3 is 1.69 bits per heavy atom. The van der Waals surface area contributed by atoms with Crippen molar-refractivity contribution in [3.05, 3.63) is 29.8 Å². The summed E-state index contributed by atoms with van der Waals surface area (Å²) in [5.74, 6) is 1.28. The third kappa shape index (κ3) is 11.5. The van der Waals surface area contributed by atoms with Gasteiger partial charge in [-0.25, -0.2) is 0 Å². The van der Waals surface area contributed by atoms with Gasteiger partial charge in [-0.1, -0.05) is 129 Å². The van der Waals surface area contributed by atoms with Crippen molar-refractivity contribution in [1.82, 2.24) is 0 Å². The molecule has 1 heteroatoms. The van der Waals surface area contributed by atoms with E-state index in [9.17, 15) is 0 Å². The van der Waals surface area contributed by atoms with Gasteiger partial charge in [-0.3, -0.25) is 0 Å². The van der Waals surface area contributed by atoms with Crippen LogP contribution in [-0.2, 0) is 5.41 Å². The van der Waals surface area contributed by atoms with E-state index in [2.05, 4.69) is 63.7 Å². The summed E-state index contributed by atoms with van der Waals surface area (Å²) in [6.45, 7) is 9.50. The Balaban J connectivity index is 2.73. The van der Waals surface area contributed by atoms with E-state index in [1.54, 1.807) is 10.5 Å². The monoisotopic (exact) mass is 418 g/mol. The molecule has 1 unspecified atom stereocenters. The van der Waals surface area contributed by atoms with Crippen molar-refractivity contribution in [3.63, 3.8) is 0 Å². The molecule has 1 atom stereocenters. The van der Waals surface area contributed by atoms with Gasteiger partial charge in [-0.15, -0.1) is 11.8 Å². The van der Waals surface area contributed by atoms with Gasteiger partial charge >= 0.3 is 0 Å². The molecule has 0 amide bonds. The fraction of sp³-hybridized carbons (Fsp3) is 0.786. The molecule has 1 aromatic carbocycles. The lowest BCUT2D eigenvalue weighted by molar-refractivity contribution is 0.358. The zero-order valence-electron chi connectivity index (χ0n) is 20.2. The van der Waals surface area contributed by atoms with Crippen molar-refractivity contribution in [3.8, 4) is 0 Å². The molecule has 0 bridgehead atoms. The largest absolute Gasteiger partial charge is 0.126 e. The Kier molecular flexibility index (Phi) is 15.8. The number of rotatable bonds is 19. The van der Waals surface area contributed by atoms with Gasteiger partial charge in [0.2, 0.25) is 0 Å². The summed E-state index contributed by atoms with van der Waals surface area (Å²) in [6, 6.07) is 9.38. The molecule has 1 aromatic rings. The summed E-state index contributed by atoms with van der Waals surface area (Å²) >= 11 is 2.12. The van der Waals surface area contributed by atoms with Gasteiger partial charge in [0, 0.05) is 4.90 Å². The number of unbranched alkanes of at least 4 members (excludes halogenated alkanes) is 11. The first-order valence-corrected chi connectivity index (χ1v) is 13.9. The summed E-state index contributed by atoms with van der Waals surface area (Å²) in [6.07, 6.45) is 22.1. The van der Waals surface area contributed by atoms with E-state index >= 15 is 0 Å². The first kappa shape index (κ1) is 26.6. The predicted molar refractivity (Wildman–Crippen MR) is 135 cm³/mol. The maximum Gasteiger partial charge on any atom is 0.0110 e. The summed E-state index contributed by atoms with van der Waals surface area (Å²) in [4.78, 5) is 1.56. The van der Waals surface area contributed by atoms with Crippen LogP contribution in [0.4, 0.5) is 0 Å². The van der Waals surface area contributed by atoms with Crippen molar-refractivity contribution in [2.75, 3.05) is 5.75 Å². The molecular weight excluding hydrogens is 368 g/mol. The smallest absolute Gasteiger partial charge is 0.0110 e. The van der Waals surface area contributed by atoms with Crippen LogP contribution in [0, 0.1) is 0 Å². The molecule has 0 aromatic heterocycles. The number of benzene rings is 1. The number of hydrogen-bond acceptors (Lipinski definition) is 1. The number of thioether (sulfide) groups is 1. The summed E-state index contributed by atoms with van der Waals surface area (Å²) in [5, 5.41) is 0. The highest BCUT2D eigenvalue weighted by molar-refractivity contribution is 7.99.